The van der Waals surface area contributed by atoms with Gasteiger partial charge in [-0.2, -0.15) is 0 Å². The third kappa shape index (κ3) is 8.58. The van der Waals surface area contributed by atoms with E-state index in [1.807, 2.05) is 0 Å². The number of aliphatic carboxylic acids is 1. The molecule has 0 aliphatic rings. The molecule has 14 heteroatoms. The number of phenolic OH excluding ortho intramolecular Hbond substituents is 3. The lowest BCUT2D eigenvalue weighted by Crippen LogP contribution is -2.39. The molecule has 0 fully saturated rings. The maximum Gasteiger partial charge on any atom is 0.366 e. The second-order valence-corrected chi connectivity index (χ2v) is 10.1. The van der Waals surface area contributed by atoms with Crippen LogP contribution >= 0.6 is 0 Å². The van der Waals surface area contributed by atoms with Crippen LogP contribution in [0.5, 0.6) is 28.7 Å². The van der Waals surface area contributed by atoms with Gasteiger partial charge in [0.05, 0.1) is 20.3 Å². The Bertz CT molecular complexity index is 1810. The molecule has 5 N–H and O–H groups in total. The van der Waals surface area contributed by atoms with Gasteiger partial charge >= 0.3 is 17.9 Å². The fourth-order valence-electron chi connectivity index (χ4n) is 4.46. The summed E-state index contributed by atoms with van der Waals surface area (Å²) in [6, 6.07) is 12.2. The SMILES string of the molecule is COc1cc(CC(OC(=O)/C=C/c2ccc(O)c3oc(-c4ccc(O)c(OC)c4)cc23)C(=O)ON[C@H](C=O)CCC(=O)O)ccc1O. The fraction of sp³-hybridized carbons (Fsp3) is 0.212. The number of rotatable bonds is 15. The van der Waals surface area contributed by atoms with Gasteiger partial charge in [0.1, 0.15) is 12.0 Å². The predicted molar refractivity (Wildman–Crippen MR) is 165 cm³/mol. The summed E-state index contributed by atoms with van der Waals surface area (Å²) >= 11 is 0. The highest BCUT2D eigenvalue weighted by Crippen LogP contribution is 2.38. The lowest BCUT2D eigenvalue weighted by atomic mass is 10.1. The number of hydroxylamine groups is 1. The summed E-state index contributed by atoms with van der Waals surface area (Å²) < 4.78 is 21.5. The van der Waals surface area contributed by atoms with E-state index in [4.69, 9.17) is 28.6 Å². The van der Waals surface area contributed by atoms with Crippen LogP contribution in [0.2, 0.25) is 0 Å². The van der Waals surface area contributed by atoms with Crippen LogP contribution < -0.4 is 15.0 Å². The van der Waals surface area contributed by atoms with Crippen molar-refractivity contribution < 1.29 is 63.1 Å². The number of aldehydes is 1. The highest BCUT2D eigenvalue weighted by atomic mass is 16.7. The first kappa shape index (κ1) is 33.9. The molecule has 2 atom stereocenters. The number of hydrogen-bond donors (Lipinski definition) is 5. The number of carboxylic acids is 1. The molecule has 0 radical (unpaired) electrons. The summed E-state index contributed by atoms with van der Waals surface area (Å²) in [6.45, 7) is 0. The molecule has 0 spiro atoms. The van der Waals surface area contributed by atoms with Gasteiger partial charge in [-0.1, -0.05) is 12.1 Å². The van der Waals surface area contributed by atoms with Gasteiger partial charge in [-0.25, -0.2) is 9.59 Å². The molecular weight excluding hydrogens is 618 g/mol. The van der Waals surface area contributed by atoms with Gasteiger partial charge in [-0.15, -0.1) is 5.48 Å². The van der Waals surface area contributed by atoms with Crippen molar-refractivity contribution in [1.29, 1.82) is 0 Å². The first-order chi connectivity index (χ1) is 22.5. The second-order valence-electron chi connectivity index (χ2n) is 10.1. The van der Waals surface area contributed by atoms with Crippen LogP contribution in [-0.2, 0) is 35.2 Å². The Kier molecular flexibility index (Phi) is 11.0. The van der Waals surface area contributed by atoms with Crippen molar-refractivity contribution in [2.24, 2.45) is 0 Å². The van der Waals surface area contributed by atoms with Crippen molar-refractivity contribution in [2.45, 2.75) is 31.4 Å². The topological polar surface area (TPSA) is 211 Å². The Hall–Kier alpha value is -6.02. The van der Waals surface area contributed by atoms with E-state index >= 15 is 0 Å². The van der Waals surface area contributed by atoms with Gasteiger partial charge in [-0.3, -0.25) is 4.79 Å². The first-order valence-corrected chi connectivity index (χ1v) is 14.0. The van der Waals surface area contributed by atoms with E-state index < -0.39 is 30.1 Å². The van der Waals surface area contributed by atoms with Gasteiger partial charge in [0.15, 0.2) is 34.3 Å². The summed E-state index contributed by atoms with van der Waals surface area (Å²) in [5.41, 5.74) is 3.74. The number of fused-ring (bicyclic) bond motifs is 1. The molecular formula is C33H31NO13. The van der Waals surface area contributed by atoms with E-state index in [9.17, 15) is 34.5 Å². The molecule has 4 aromatic rings. The zero-order chi connectivity index (χ0) is 34.1. The number of hydrogen-bond acceptors (Lipinski definition) is 13. The highest BCUT2D eigenvalue weighted by Gasteiger charge is 2.27. The van der Waals surface area contributed by atoms with Crippen LogP contribution in [0.15, 0.2) is 65.1 Å². The molecule has 1 aromatic heterocycles. The zero-order valence-electron chi connectivity index (χ0n) is 25.2. The van der Waals surface area contributed by atoms with Crippen molar-refractivity contribution in [1.82, 2.24) is 5.48 Å². The lowest BCUT2D eigenvalue weighted by Gasteiger charge is -2.18. The Morgan fingerprint density at radius 1 is 0.915 bits per heavy atom. The summed E-state index contributed by atoms with van der Waals surface area (Å²) in [7, 11) is 2.73. The Morgan fingerprint density at radius 3 is 2.28 bits per heavy atom. The van der Waals surface area contributed by atoms with E-state index in [2.05, 4.69) is 5.48 Å². The maximum atomic E-state index is 13.0. The van der Waals surface area contributed by atoms with Crippen molar-refractivity contribution in [3.05, 3.63) is 71.8 Å². The summed E-state index contributed by atoms with van der Waals surface area (Å²) in [5, 5.41) is 39.6. The number of carboxylic acid groups (broad SMARTS) is 1. The smallest absolute Gasteiger partial charge is 0.366 e. The van der Waals surface area contributed by atoms with Gasteiger partial charge in [0.2, 0.25) is 6.10 Å². The normalized spacial score (nSPS) is 12.4. The molecule has 0 aliphatic heterocycles. The number of ether oxygens (including phenoxy) is 3. The van der Waals surface area contributed by atoms with Crippen LogP contribution in [0, 0.1) is 0 Å². The molecule has 0 saturated heterocycles. The van der Waals surface area contributed by atoms with Gasteiger partial charge in [-0.05, 0) is 66.1 Å². The molecule has 0 bridgehead atoms. The van der Waals surface area contributed by atoms with Crippen LogP contribution in [0.3, 0.4) is 0 Å². The number of esters is 1. The minimum absolute atomic E-state index is 0.0680. The average molecular weight is 650 g/mol. The number of carbonyl (C=O) groups excluding carboxylic acids is 3. The van der Waals surface area contributed by atoms with E-state index in [-0.39, 0.29) is 53.6 Å². The largest absolute Gasteiger partial charge is 0.504 e. The average Bonchev–Trinajstić information content (AvgIpc) is 3.51. The third-order valence-electron chi connectivity index (χ3n) is 6.89. The molecule has 246 valence electrons. The summed E-state index contributed by atoms with van der Waals surface area (Å²) in [6.07, 6.45) is 0.519. The number of phenols is 3. The number of nitrogens with one attached hydrogen (secondary N) is 1. The van der Waals surface area contributed by atoms with E-state index in [0.717, 1.165) is 6.08 Å². The molecule has 47 heavy (non-hydrogen) atoms. The summed E-state index contributed by atoms with van der Waals surface area (Å²) in [5.74, 6) is -2.91. The van der Waals surface area contributed by atoms with Crippen LogP contribution in [-0.4, -0.2) is 71.0 Å². The Balaban J connectivity index is 1.56. The van der Waals surface area contributed by atoms with E-state index in [1.165, 1.54) is 56.7 Å². The molecule has 0 saturated carbocycles. The number of furan rings is 1. The predicted octanol–water partition coefficient (Wildman–Crippen LogP) is 3.88. The lowest BCUT2D eigenvalue weighted by molar-refractivity contribution is -0.172. The molecule has 4 rings (SSSR count). The van der Waals surface area contributed by atoms with Crippen LogP contribution in [0.25, 0.3) is 28.4 Å². The zero-order valence-corrected chi connectivity index (χ0v) is 25.2. The summed E-state index contributed by atoms with van der Waals surface area (Å²) in [4.78, 5) is 53.1. The molecule has 0 aliphatic carbocycles. The standard InChI is InChI=1S/C33H31NO13/c1-43-27-13-18(3-8-23(27)36)14-29(33(42)47-34-21(17-35)7-11-30(39)40)45-31(41)12-6-19-4-10-25(38)32-22(19)16-26(46-32)20-5-9-24(37)28(15-20)44-2/h3-6,8-10,12-13,15-17,21,29,34,36-38H,7,11,14H2,1-2H3,(H,39,40)/b12-6+/t21-,29?/m0/s1. The second kappa shape index (κ2) is 15.3. The number of methoxy groups -OCH3 is 2. The molecule has 1 unspecified atom stereocenters. The monoisotopic (exact) mass is 649 g/mol. The number of carbonyl (C=O) groups is 4. The molecule has 14 nitrogen and oxygen atoms in total. The van der Waals surface area contributed by atoms with Gasteiger partial charge < -0.3 is 48.7 Å². The number of aromatic hydroxyl groups is 3. The fourth-order valence-corrected chi connectivity index (χ4v) is 4.46. The Labute approximate surface area is 267 Å². The highest BCUT2D eigenvalue weighted by molar-refractivity contribution is 5.97. The van der Waals surface area contributed by atoms with Crippen molar-refractivity contribution in [2.75, 3.05) is 14.2 Å². The minimum atomic E-state index is -1.55. The van der Waals surface area contributed by atoms with Gasteiger partial charge in [0, 0.05) is 29.9 Å². The Morgan fingerprint density at radius 2 is 1.60 bits per heavy atom. The van der Waals surface area contributed by atoms with E-state index in [0.29, 0.717) is 34.1 Å². The van der Waals surface area contributed by atoms with Crippen LogP contribution in [0.1, 0.15) is 24.0 Å². The minimum Gasteiger partial charge on any atom is -0.504 e. The van der Waals surface area contributed by atoms with Gasteiger partial charge in [0.25, 0.3) is 0 Å². The molecule has 3 aromatic carbocycles. The maximum absolute atomic E-state index is 13.0. The van der Waals surface area contributed by atoms with Crippen molar-refractivity contribution >= 4 is 41.2 Å². The molecule has 1 heterocycles. The third-order valence-corrected chi connectivity index (χ3v) is 6.89. The van der Waals surface area contributed by atoms with Crippen molar-refractivity contribution in [3.8, 4) is 40.1 Å². The van der Waals surface area contributed by atoms with Crippen molar-refractivity contribution in [3.63, 3.8) is 0 Å². The molecule has 0 amide bonds. The van der Waals surface area contributed by atoms with E-state index in [1.54, 1.807) is 18.2 Å². The van der Waals surface area contributed by atoms with Crippen LogP contribution in [0.4, 0.5) is 0 Å². The number of benzene rings is 3. The quantitative estimate of drug-likeness (QED) is 0.0536. The first-order valence-electron chi connectivity index (χ1n) is 14.0.